The molecule has 0 aromatic heterocycles. The van der Waals surface area contributed by atoms with Gasteiger partial charge in [0, 0.05) is 17.8 Å². The van der Waals surface area contributed by atoms with Crippen LogP contribution in [0.5, 0.6) is 0 Å². The van der Waals surface area contributed by atoms with Crippen molar-refractivity contribution in [3.05, 3.63) is 34.4 Å². The summed E-state index contributed by atoms with van der Waals surface area (Å²) in [4.78, 5) is 24.9. The molecule has 22 heavy (non-hydrogen) atoms. The predicted octanol–water partition coefficient (Wildman–Crippen LogP) is 3.29. The second kappa shape index (κ2) is 4.78. The Balaban J connectivity index is 2.54. The van der Waals surface area contributed by atoms with Gasteiger partial charge in [-0.25, -0.2) is 0 Å². The number of carbonyl (C=O) groups is 1. The number of hydrogen-bond acceptors (Lipinski definition) is 4. The molecule has 0 atom stereocenters. The maximum atomic E-state index is 12.8. The normalized spacial score (nSPS) is 22.5. The lowest BCUT2D eigenvalue weighted by molar-refractivity contribution is -0.384. The summed E-state index contributed by atoms with van der Waals surface area (Å²) < 4.78 is 6.00. The molecule has 1 saturated heterocycles. The Morgan fingerprint density at radius 2 is 1.55 bits per heavy atom. The van der Waals surface area contributed by atoms with Gasteiger partial charge in [-0.3, -0.25) is 14.9 Å². The Labute approximate surface area is 130 Å². The van der Waals surface area contributed by atoms with Crippen LogP contribution < -0.4 is 4.90 Å². The van der Waals surface area contributed by atoms with Crippen molar-refractivity contribution in [2.24, 2.45) is 0 Å². The van der Waals surface area contributed by atoms with Gasteiger partial charge in [0.25, 0.3) is 11.6 Å². The van der Waals surface area contributed by atoms with Gasteiger partial charge in [-0.2, -0.15) is 0 Å². The topological polar surface area (TPSA) is 72.7 Å². The highest BCUT2D eigenvalue weighted by Gasteiger charge is 2.56. The van der Waals surface area contributed by atoms with Crippen molar-refractivity contribution in [1.29, 1.82) is 0 Å². The van der Waals surface area contributed by atoms with Crippen LogP contribution in [0.15, 0.2) is 24.3 Å². The third-order valence-corrected chi connectivity index (χ3v) is 4.58. The van der Waals surface area contributed by atoms with E-state index < -0.39 is 21.7 Å². The molecule has 1 amide bonds. The first-order valence-corrected chi connectivity index (χ1v) is 7.19. The predicted molar refractivity (Wildman–Crippen MR) is 83.9 cm³/mol. The maximum absolute atomic E-state index is 12.8. The van der Waals surface area contributed by atoms with Crippen LogP contribution in [0, 0.1) is 10.1 Å². The van der Waals surface area contributed by atoms with Crippen molar-refractivity contribution >= 4 is 17.3 Å². The number of anilines is 1. The Kier molecular flexibility index (Phi) is 3.56. The zero-order chi connectivity index (χ0) is 16.9. The van der Waals surface area contributed by atoms with Crippen molar-refractivity contribution in [3.8, 4) is 0 Å². The van der Waals surface area contributed by atoms with E-state index in [-0.39, 0.29) is 11.6 Å². The SMILES string of the molecule is CC1(C)OC(C)(C)C(C)(C)N(c2ccc([N+](=O)[O-])cc2)C1=O. The molecule has 0 aliphatic carbocycles. The quantitative estimate of drug-likeness (QED) is 0.621. The Morgan fingerprint density at radius 3 is 2.00 bits per heavy atom. The zero-order valence-corrected chi connectivity index (χ0v) is 13.8. The monoisotopic (exact) mass is 306 g/mol. The van der Waals surface area contributed by atoms with Crippen LogP contribution in [0.4, 0.5) is 11.4 Å². The molecule has 1 aromatic carbocycles. The largest absolute Gasteiger partial charge is 0.357 e. The van der Waals surface area contributed by atoms with E-state index in [9.17, 15) is 14.9 Å². The number of morpholine rings is 1. The van der Waals surface area contributed by atoms with Crippen LogP contribution in [0.2, 0.25) is 0 Å². The molecule has 0 spiro atoms. The summed E-state index contributed by atoms with van der Waals surface area (Å²) in [7, 11) is 0. The highest BCUT2D eigenvalue weighted by molar-refractivity contribution is 6.01. The molecule has 1 aromatic rings. The second-order valence-electron chi connectivity index (χ2n) is 7.10. The van der Waals surface area contributed by atoms with Gasteiger partial charge >= 0.3 is 0 Å². The summed E-state index contributed by atoms with van der Waals surface area (Å²) in [6, 6.07) is 6.03. The van der Waals surface area contributed by atoms with Gasteiger partial charge in [-0.15, -0.1) is 0 Å². The molecule has 1 aliphatic rings. The number of amides is 1. The van der Waals surface area contributed by atoms with E-state index in [2.05, 4.69) is 0 Å². The molecule has 0 radical (unpaired) electrons. The van der Waals surface area contributed by atoms with Crippen LogP contribution in [-0.4, -0.2) is 27.6 Å². The highest BCUT2D eigenvalue weighted by Crippen LogP contribution is 2.43. The summed E-state index contributed by atoms with van der Waals surface area (Å²) in [5.74, 6) is -0.161. The van der Waals surface area contributed by atoms with Crippen molar-refractivity contribution in [2.45, 2.75) is 58.3 Å². The number of ether oxygens (including phenoxy) is 1. The molecule has 0 unspecified atom stereocenters. The molecule has 120 valence electrons. The number of carbonyl (C=O) groups excluding carboxylic acids is 1. The van der Waals surface area contributed by atoms with E-state index in [1.54, 1.807) is 30.9 Å². The van der Waals surface area contributed by atoms with E-state index in [4.69, 9.17) is 4.74 Å². The average Bonchev–Trinajstić information content (AvgIpc) is 2.36. The van der Waals surface area contributed by atoms with E-state index in [0.29, 0.717) is 5.69 Å². The van der Waals surface area contributed by atoms with E-state index in [1.807, 2.05) is 27.7 Å². The van der Waals surface area contributed by atoms with Gasteiger partial charge < -0.3 is 9.64 Å². The molecule has 1 aliphatic heterocycles. The summed E-state index contributed by atoms with van der Waals surface area (Å²) in [5.41, 5.74) is -1.51. The molecule has 1 heterocycles. The lowest BCUT2D eigenvalue weighted by Crippen LogP contribution is -2.72. The van der Waals surface area contributed by atoms with Crippen molar-refractivity contribution < 1.29 is 14.5 Å². The van der Waals surface area contributed by atoms with Gasteiger partial charge in [-0.05, 0) is 53.7 Å². The van der Waals surface area contributed by atoms with Crippen LogP contribution >= 0.6 is 0 Å². The highest BCUT2D eigenvalue weighted by atomic mass is 16.6. The summed E-state index contributed by atoms with van der Waals surface area (Å²) >= 11 is 0. The number of nitro groups is 1. The summed E-state index contributed by atoms with van der Waals surface area (Å²) in [5, 5.41) is 10.8. The first-order valence-electron chi connectivity index (χ1n) is 7.19. The minimum atomic E-state index is -0.958. The lowest BCUT2D eigenvalue weighted by atomic mass is 9.79. The smallest absolute Gasteiger partial charge is 0.269 e. The number of benzene rings is 1. The van der Waals surface area contributed by atoms with Crippen LogP contribution in [0.1, 0.15) is 41.5 Å². The fourth-order valence-corrected chi connectivity index (χ4v) is 2.76. The number of rotatable bonds is 2. The number of non-ortho nitro benzene ring substituents is 1. The van der Waals surface area contributed by atoms with Gasteiger partial charge in [0.1, 0.15) is 5.60 Å². The third-order valence-electron chi connectivity index (χ3n) is 4.58. The molecule has 1 fully saturated rings. The molecular formula is C16H22N2O4. The Hall–Kier alpha value is -1.95. The second-order valence-corrected chi connectivity index (χ2v) is 7.10. The van der Waals surface area contributed by atoms with Crippen molar-refractivity contribution in [1.82, 2.24) is 0 Å². The molecule has 6 heteroatoms. The zero-order valence-electron chi connectivity index (χ0n) is 13.8. The van der Waals surface area contributed by atoms with Crippen molar-refractivity contribution in [3.63, 3.8) is 0 Å². The lowest BCUT2D eigenvalue weighted by Gasteiger charge is -2.57. The van der Waals surface area contributed by atoms with Gasteiger partial charge in [0.2, 0.25) is 0 Å². The fourth-order valence-electron chi connectivity index (χ4n) is 2.76. The van der Waals surface area contributed by atoms with Crippen LogP contribution in [0.25, 0.3) is 0 Å². The van der Waals surface area contributed by atoms with E-state index in [1.165, 1.54) is 12.1 Å². The van der Waals surface area contributed by atoms with Gasteiger partial charge in [0.15, 0.2) is 0 Å². The molecule has 2 rings (SSSR count). The minimum Gasteiger partial charge on any atom is -0.357 e. The summed E-state index contributed by atoms with van der Waals surface area (Å²) in [6.45, 7) is 11.2. The van der Waals surface area contributed by atoms with Crippen LogP contribution in [0.3, 0.4) is 0 Å². The first kappa shape index (κ1) is 16.4. The minimum absolute atomic E-state index is 0.000727. The Bertz CT molecular complexity index is 618. The third kappa shape index (κ3) is 2.37. The van der Waals surface area contributed by atoms with Gasteiger partial charge in [-0.1, -0.05) is 0 Å². The number of hydrogen-bond donors (Lipinski definition) is 0. The molecular weight excluding hydrogens is 284 g/mol. The first-order chi connectivity index (χ1) is 9.90. The fraction of sp³-hybridized carbons (Fsp3) is 0.562. The standard InChI is InChI=1S/C16H22N2O4/c1-14(2)13(19)17(15(3,4)16(5,6)22-14)11-7-9-12(10-8-11)18(20)21/h7-10H,1-6H3. The molecule has 6 nitrogen and oxygen atoms in total. The average molecular weight is 306 g/mol. The molecule has 0 saturated carbocycles. The Morgan fingerprint density at radius 1 is 1.05 bits per heavy atom. The molecule has 0 bridgehead atoms. The van der Waals surface area contributed by atoms with E-state index >= 15 is 0 Å². The van der Waals surface area contributed by atoms with Gasteiger partial charge in [0.05, 0.1) is 16.1 Å². The number of nitro benzene ring substituents is 1. The van der Waals surface area contributed by atoms with Crippen molar-refractivity contribution in [2.75, 3.05) is 4.90 Å². The van der Waals surface area contributed by atoms with E-state index in [0.717, 1.165) is 0 Å². The molecule has 0 N–H and O–H groups in total. The number of nitrogens with zero attached hydrogens (tertiary/aromatic N) is 2. The maximum Gasteiger partial charge on any atom is 0.269 e. The summed E-state index contributed by atoms with van der Waals surface area (Å²) in [6.07, 6.45) is 0. The van der Waals surface area contributed by atoms with Crippen LogP contribution in [-0.2, 0) is 9.53 Å².